The Kier molecular flexibility index (Phi) is 6.99. The molecule has 10 heteroatoms. The summed E-state index contributed by atoms with van der Waals surface area (Å²) in [5.74, 6) is -2.36. The van der Waals surface area contributed by atoms with Crippen LogP contribution in [-0.4, -0.2) is 43.4 Å². The lowest BCUT2D eigenvalue weighted by Crippen LogP contribution is -2.33. The Morgan fingerprint density at radius 3 is 2.50 bits per heavy atom. The van der Waals surface area contributed by atoms with E-state index in [1.807, 2.05) is 0 Å². The van der Waals surface area contributed by atoms with Crippen molar-refractivity contribution in [1.29, 1.82) is 0 Å². The average Bonchev–Trinajstić information content (AvgIpc) is 3.15. The first-order valence-corrected chi connectivity index (χ1v) is 10.1. The van der Waals surface area contributed by atoms with Crippen molar-refractivity contribution in [3.63, 3.8) is 0 Å². The number of methoxy groups -OCH3 is 1. The van der Waals surface area contributed by atoms with Crippen LogP contribution in [0.1, 0.15) is 23.7 Å². The van der Waals surface area contributed by atoms with Crippen LogP contribution in [0.25, 0.3) is 0 Å². The third-order valence-electron chi connectivity index (χ3n) is 4.99. The van der Waals surface area contributed by atoms with E-state index in [1.165, 1.54) is 43.2 Å². The van der Waals surface area contributed by atoms with Crippen LogP contribution >= 0.6 is 11.6 Å². The fraction of sp³-hybridized carbons (Fsp3) is 0.273. The molecule has 0 aromatic heterocycles. The molecule has 2 unspecified atom stereocenters. The van der Waals surface area contributed by atoms with Crippen molar-refractivity contribution in [2.75, 3.05) is 23.9 Å². The number of benzene rings is 2. The van der Waals surface area contributed by atoms with Gasteiger partial charge in [0.25, 0.3) is 5.91 Å². The van der Waals surface area contributed by atoms with Crippen LogP contribution in [0.4, 0.5) is 11.4 Å². The molecule has 1 aliphatic rings. The molecule has 0 saturated carbocycles. The number of hydrogen-bond acceptors (Lipinski definition) is 6. The third-order valence-corrected chi connectivity index (χ3v) is 5.22. The monoisotopic (exact) mass is 459 g/mol. The first-order chi connectivity index (χ1) is 15.2. The number of carbonyl (C=O) groups excluding carboxylic acids is 4. The largest absolute Gasteiger partial charge is 0.495 e. The van der Waals surface area contributed by atoms with Crippen LogP contribution < -0.4 is 20.7 Å². The number of halogens is 1. The van der Waals surface area contributed by atoms with Crippen molar-refractivity contribution < 1.29 is 28.7 Å². The normalized spacial score (nSPS) is 16.4. The lowest BCUT2D eigenvalue weighted by molar-refractivity contribution is -0.157. The van der Waals surface area contributed by atoms with E-state index >= 15 is 0 Å². The molecule has 1 fully saturated rings. The predicted molar refractivity (Wildman–Crippen MR) is 118 cm³/mol. The molecule has 0 bridgehead atoms. The number of nitrogens with zero attached hydrogens (tertiary/aromatic N) is 1. The maximum atomic E-state index is 12.6. The average molecular weight is 460 g/mol. The number of esters is 1. The fourth-order valence-corrected chi connectivity index (χ4v) is 3.42. The molecule has 9 nitrogen and oxygen atoms in total. The van der Waals surface area contributed by atoms with Gasteiger partial charge >= 0.3 is 5.97 Å². The van der Waals surface area contributed by atoms with Gasteiger partial charge in [-0.15, -0.1) is 0 Å². The standard InChI is InChI=1S/C22H22ClN3O6/c1-12(21(29)25-16-6-3-13(4-7-16)20(24)28)32-22(30)14-9-19(27)26(11-14)17-10-15(23)5-8-18(17)31-2/h3-8,10,12,14H,9,11H2,1-2H3,(H2,24,28)(H,25,29). The Balaban J connectivity index is 1.61. The molecule has 2 aromatic rings. The van der Waals surface area contributed by atoms with E-state index in [-0.39, 0.29) is 18.9 Å². The molecule has 32 heavy (non-hydrogen) atoms. The Hall–Kier alpha value is -3.59. The van der Waals surface area contributed by atoms with Crippen LogP contribution in [0.2, 0.25) is 5.02 Å². The molecule has 2 atom stereocenters. The van der Waals surface area contributed by atoms with Gasteiger partial charge in [0.1, 0.15) is 5.75 Å². The lowest BCUT2D eigenvalue weighted by atomic mass is 10.1. The zero-order valence-electron chi connectivity index (χ0n) is 17.5. The summed E-state index contributed by atoms with van der Waals surface area (Å²) in [6, 6.07) is 10.8. The molecule has 2 aromatic carbocycles. The quantitative estimate of drug-likeness (QED) is 0.612. The predicted octanol–water partition coefficient (Wildman–Crippen LogP) is 2.37. The second kappa shape index (κ2) is 9.69. The van der Waals surface area contributed by atoms with Crippen LogP contribution in [0.15, 0.2) is 42.5 Å². The van der Waals surface area contributed by atoms with Gasteiger partial charge in [0.2, 0.25) is 11.8 Å². The van der Waals surface area contributed by atoms with Crippen LogP contribution in [0, 0.1) is 5.92 Å². The first-order valence-electron chi connectivity index (χ1n) is 9.74. The van der Waals surface area contributed by atoms with E-state index in [9.17, 15) is 19.2 Å². The van der Waals surface area contributed by atoms with Gasteiger partial charge in [0.05, 0.1) is 18.7 Å². The molecule has 3 N–H and O–H groups in total. The van der Waals surface area contributed by atoms with E-state index in [2.05, 4.69) is 5.32 Å². The zero-order chi connectivity index (χ0) is 23.4. The molecule has 3 amide bonds. The maximum absolute atomic E-state index is 12.6. The number of ether oxygens (including phenoxy) is 2. The van der Waals surface area contributed by atoms with Gasteiger partial charge < -0.3 is 25.4 Å². The minimum atomic E-state index is -1.09. The fourth-order valence-electron chi connectivity index (χ4n) is 3.26. The second-order valence-electron chi connectivity index (χ2n) is 7.23. The Bertz CT molecular complexity index is 1060. The number of rotatable bonds is 7. The lowest BCUT2D eigenvalue weighted by Gasteiger charge is -2.20. The van der Waals surface area contributed by atoms with Gasteiger partial charge in [-0.25, -0.2) is 0 Å². The van der Waals surface area contributed by atoms with E-state index < -0.39 is 29.8 Å². The van der Waals surface area contributed by atoms with Gasteiger partial charge in [-0.1, -0.05) is 11.6 Å². The van der Waals surface area contributed by atoms with Gasteiger partial charge in [0.15, 0.2) is 6.10 Å². The number of primary amides is 1. The molecule has 0 spiro atoms. The smallest absolute Gasteiger partial charge is 0.312 e. The highest BCUT2D eigenvalue weighted by molar-refractivity contribution is 6.31. The summed E-state index contributed by atoms with van der Waals surface area (Å²) >= 11 is 6.04. The van der Waals surface area contributed by atoms with Gasteiger partial charge in [-0.3, -0.25) is 19.2 Å². The number of hydrogen-bond donors (Lipinski definition) is 2. The molecule has 3 rings (SSSR count). The summed E-state index contributed by atoms with van der Waals surface area (Å²) in [6.45, 7) is 1.51. The summed E-state index contributed by atoms with van der Waals surface area (Å²) in [5.41, 5.74) is 6.36. The van der Waals surface area contributed by atoms with Crippen LogP contribution in [-0.2, 0) is 19.1 Å². The van der Waals surface area contributed by atoms with E-state index in [0.717, 1.165) is 0 Å². The highest BCUT2D eigenvalue weighted by Crippen LogP contribution is 2.35. The van der Waals surface area contributed by atoms with E-state index in [0.29, 0.717) is 27.7 Å². The van der Waals surface area contributed by atoms with E-state index in [1.54, 1.807) is 18.2 Å². The van der Waals surface area contributed by atoms with Crippen molar-refractivity contribution >= 4 is 46.7 Å². The number of carbonyl (C=O) groups is 4. The second-order valence-corrected chi connectivity index (χ2v) is 7.67. The van der Waals surface area contributed by atoms with E-state index in [4.69, 9.17) is 26.8 Å². The molecule has 0 radical (unpaired) electrons. The Labute approximate surface area is 189 Å². The molecular weight excluding hydrogens is 438 g/mol. The minimum absolute atomic E-state index is 0.0581. The number of nitrogens with one attached hydrogen (secondary N) is 1. The molecule has 1 heterocycles. The molecule has 1 saturated heterocycles. The van der Waals surface area contributed by atoms with Crippen molar-refractivity contribution in [3.8, 4) is 5.75 Å². The maximum Gasteiger partial charge on any atom is 0.312 e. The van der Waals surface area contributed by atoms with Crippen molar-refractivity contribution in [2.45, 2.75) is 19.4 Å². The van der Waals surface area contributed by atoms with Gasteiger partial charge in [-0.05, 0) is 49.4 Å². The topological polar surface area (TPSA) is 128 Å². The summed E-state index contributed by atoms with van der Waals surface area (Å²) in [5, 5.41) is 3.02. The van der Waals surface area contributed by atoms with Crippen LogP contribution in [0.3, 0.4) is 0 Å². The summed E-state index contributed by atoms with van der Waals surface area (Å²) < 4.78 is 10.6. The molecular formula is C22H22ClN3O6. The minimum Gasteiger partial charge on any atom is -0.495 e. The summed E-state index contributed by atoms with van der Waals surface area (Å²) in [4.78, 5) is 50.0. The van der Waals surface area contributed by atoms with Gasteiger partial charge in [0, 0.05) is 29.2 Å². The number of anilines is 2. The van der Waals surface area contributed by atoms with Crippen LogP contribution in [0.5, 0.6) is 5.75 Å². The number of amides is 3. The Morgan fingerprint density at radius 1 is 1.19 bits per heavy atom. The summed E-state index contributed by atoms with van der Waals surface area (Å²) in [6.07, 6.45) is -1.15. The van der Waals surface area contributed by atoms with Crippen molar-refractivity contribution in [1.82, 2.24) is 0 Å². The SMILES string of the molecule is COc1ccc(Cl)cc1N1CC(C(=O)OC(C)C(=O)Nc2ccc(C(N)=O)cc2)CC1=O. The Morgan fingerprint density at radius 2 is 1.88 bits per heavy atom. The molecule has 168 valence electrons. The molecule has 0 aliphatic carbocycles. The number of nitrogens with two attached hydrogens (primary N) is 1. The summed E-state index contributed by atoms with van der Waals surface area (Å²) in [7, 11) is 1.47. The van der Waals surface area contributed by atoms with Gasteiger partial charge in [-0.2, -0.15) is 0 Å². The first kappa shape index (κ1) is 23.1. The highest BCUT2D eigenvalue weighted by Gasteiger charge is 2.38. The molecule has 1 aliphatic heterocycles. The zero-order valence-corrected chi connectivity index (χ0v) is 18.2. The third kappa shape index (κ3) is 5.17. The highest BCUT2D eigenvalue weighted by atomic mass is 35.5. The van der Waals surface area contributed by atoms with Crippen molar-refractivity contribution in [3.05, 3.63) is 53.1 Å². The van der Waals surface area contributed by atoms with Crippen molar-refractivity contribution in [2.24, 2.45) is 11.7 Å².